The van der Waals surface area contributed by atoms with Gasteiger partial charge in [-0.15, -0.1) is 0 Å². The largest absolute Gasteiger partial charge is 0.497 e. The fourth-order valence-corrected chi connectivity index (χ4v) is 5.51. The first-order valence-electron chi connectivity index (χ1n) is 12.9. The van der Waals surface area contributed by atoms with Gasteiger partial charge >= 0.3 is 0 Å². The van der Waals surface area contributed by atoms with Crippen LogP contribution < -0.4 is 18.9 Å². The van der Waals surface area contributed by atoms with Crippen LogP contribution in [0.4, 0.5) is 0 Å². The van der Waals surface area contributed by atoms with E-state index in [1.165, 1.54) is 0 Å². The summed E-state index contributed by atoms with van der Waals surface area (Å²) in [5, 5.41) is 61.0. The van der Waals surface area contributed by atoms with Gasteiger partial charge in [0.15, 0.2) is 12.4 Å². The first kappa shape index (κ1) is 27.4. The standard InChI is InChI=1S/C27H32O13/c1-34-12-2-4-14-16-9-35-17-7-13(3-5-15(17)22(16)38-18(14)6-12)37-25-23(21(31)20(30)19(8-28)39-25)40-26-24(32)27(33,10-29)11-36-26/h2-7,16,19-26,28-33H,8-11H2,1H3/t16-,19?,20+,21-,22-,23?,24?,25+,26?,27?/m0/s1. The van der Waals surface area contributed by atoms with Crippen LogP contribution in [0.3, 0.4) is 0 Å². The van der Waals surface area contributed by atoms with Crippen molar-refractivity contribution in [3.05, 3.63) is 47.5 Å². The fraction of sp³-hybridized carbons (Fsp3) is 0.556. The van der Waals surface area contributed by atoms with Gasteiger partial charge in [-0.1, -0.05) is 6.07 Å². The molecular formula is C27H32O13. The maximum atomic E-state index is 10.8. The SMILES string of the molecule is COc1ccc2c(c1)O[C@H]1c3ccc(O[C@@H]4OC(CO)[C@@H](O)[C@H](O)C4OC4OCC(O)(CO)C4O)cc3OC[C@@H]21. The van der Waals surface area contributed by atoms with Crippen LogP contribution in [0.5, 0.6) is 23.0 Å². The Hall–Kier alpha value is -2.72. The molecule has 5 unspecified atom stereocenters. The molecule has 0 aromatic heterocycles. The topological polar surface area (TPSA) is 186 Å². The molecule has 2 aromatic rings. The molecule has 218 valence electrons. The van der Waals surface area contributed by atoms with Gasteiger partial charge in [-0.05, 0) is 18.2 Å². The van der Waals surface area contributed by atoms with Gasteiger partial charge in [-0.2, -0.15) is 0 Å². The van der Waals surface area contributed by atoms with Crippen molar-refractivity contribution in [2.24, 2.45) is 0 Å². The zero-order chi connectivity index (χ0) is 28.2. The summed E-state index contributed by atoms with van der Waals surface area (Å²) in [7, 11) is 1.59. The van der Waals surface area contributed by atoms with E-state index in [0.717, 1.165) is 16.9 Å². The van der Waals surface area contributed by atoms with E-state index in [1.807, 2.05) is 18.2 Å². The van der Waals surface area contributed by atoms with Crippen LogP contribution in [0.2, 0.25) is 0 Å². The summed E-state index contributed by atoms with van der Waals surface area (Å²) in [6.45, 7) is -1.45. The average molecular weight is 565 g/mol. The van der Waals surface area contributed by atoms with E-state index >= 15 is 0 Å². The number of hydrogen-bond donors (Lipinski definition) is 6. The Bertz CT molecular complexity index is 1220. The molecule has 4 aliphatic heterocycles. The molecule has 2 saturated heterocycles. The maximum absolute atomic E-state index is 10.8. The summed E-state index contributed by atoms with van der Waals surface area (Å²) in [5.74, 6) is 2.21. The summed E-state index contributed by atoms with van der Waals surface area (Å²) in [6, 6.07) is 10.8. The number of aliphatic hydroxyl groups excluding tert-OH is 5. The number of rotatable bonds is 7. The Kier molecular flexibility index (Phi) is 7.27. The van der Waals surface area contributed by atoms with Gasteiger partial charge in [0.05, 0.1) is 39.5 Å². The summed E-state index contributed by atoms with van der Waals surface area (Å²) in [6.07, 6.45) is -10.5. The normalized spacial score (nSPS) is 38.0. The third kappa shape index (κ3) is 4.57. The lowest BCUT2D eigenvalue weighted by Gasteiger charge is -2.42. The van der Waals surface area contributed by atoms with E-state index in [1.54, 1.807) is 25.3 Å². The molecule has 13 heteroatoms. The van der Waals surface area contributed by atoms with Crippen molar-refractivity contribution in [3.63, 3.8) is 0 Å². The van der Waals surface area contributed by atoms with Crippen LogP contribution in [0.15, 0.2) is 36.4 Å². The van der Waals surface area contributed by atoms with E-state index in [0.29, 0.717) is 18.1 Å². The van der Waals surface area contributed by atoms with Crippen molar-refractivity contribution < 1.29 is 63.8 Å². The third-order valence-corrected chi connectivity index (χ3v) is 7.90. The van der Waals surface area contributed by atoms with Crippen LogP contribution in [0.1, 0.15) is 23.1 Å². The highest BCUT2D eigenvalue weighted by atomic mass is 16.8. The molecule has 2 fully saturated rings. The Morgan fingerprint density at radius 2 is 1.70 bits per heavy atom. The van der Waals surface area contributed by atoms with Gasteiger partial charge in [0.25, 0.3) is 0 Å². The van der Waals surface area contributed by atoms with Crippen LogP contribution in [0.25, 0.3) is 0 Å². The van der Waals surface area contributed by atoms with Crippen LogP contribution in [-0.4, -0.2) is 113 Å². The number of methoxy groups -OCH3 is 1. The van der Waals surface area contributed by atoms with Crippen molar-refractivity contribution >= 4 is 0 Å². The first-order valence-corrected chi connectivity index (χ1v) is 12.9. The lowest BCUT2D eigenvalue weighted by molar-refractivity contribution is -0.318. The Morgan fingerprint density at radius 1 is 0.950 bits per heavy atom. The highest BCUT2D eigenvalue weighted by Gasteiger charge is 2.53. The monoisotopic (exact) mass is 564 g/mol. The number of fused-ring (bicyclic) bond motifs is 5. The summed E-state index contributed by atoms with van der Waals surface area (Å²) in [4.78, 5) is 0. The molecule has 4 aliphatic rings. The van der Waals surface area contributed by atoms with E-state index in [9.17, 15) is 30.6 Å². The number of benzene rings is 2. The van der Waals surface area contributed by atoms with Crippen molar-refractivity contribution in [1.82, 2.24) is 0 Å². The predicted octanol–water partition coefficient (Wildman–Crippen LogP) is -1.05. The Balaban J connectivity index is 1.22. The molecule has 2 aromatic carbocycles. The predicted molar refractivity (Wildman–Crippen MR) is 132 cm³/mol. The third-order valence-electron chi connectivity index (χ3n) is 7.90. The minimum atomic E-state index is -1.96. The Morgan fingerprint density at radius 3 is 2.42 bits per heavy atom. The molecule has 0 amide bonds. The molecule has 40 heavy (non-hydrogen) atoms. The Labute approximate surface area is 228 Å². The van der Waals surface area contributed by atoms with Crippen LogP contribution in [-0.2, 0) is 14.2 Å². The molecule has 0 radical (unpaired) electrons. The number of hydrogen-bond acceptors (Lipinski definition) is 13. The van der Waals surface area contributed by atoms with Gasteiger partial charge in [0, 0.05) is 23.3 Å². The quantitative estimate of drug-likeness (QED) is 0.239. The average Bonchev–Trinajstić information content (AvgIpc) is 3.49. The number of aliphatic hydroxyl groups is 6. The van der Waals surface area contributed by atoms with Gasteiger partial charge in [0.2, 0.25) is 6.29 Å². The maximum Gasteiger partial charge on any atom is 0.229 e. The van der Waals surface area contributed by atoms with Gasteiger partial charge in [-0.3, -0.25) is 0 Å². The lowest BCUT2D eigenvalue weighted by Crippen LogP contribution is -2.62. The van der Waals surface area contributed by atoms with E-state index < -0.39 is 68.5 Å². The zero-order valence-corrected chi connectivity index (χ0v) is 21.5. The second-order valence-corrected chi connectivity index (χ2v) is 10.4. The van der Waals surface area contributed by atoms with E-state index in [4.69, 9.17) is 33.2 Å². The molecule has 0 spiro atoms. The first-order chi connectivity index (χ1) is 19.3. The summed E-state index contributed by atoms with van der Waals surface area (Å²) >= 11 is 0. The molecular weight excluding hydrogens is 532 g/mol. The molecule has 10 atom stereocenters. The second kappa shape index (κ2) is 10.6. The van der Waals surface area contributed by atoms with Crippen molar-refractivity contribution in [3.8, 4) is 23.0 Å². The van der Waals surface area contributed by atoms with Crippen LogP contribution >= 0.6 is 0 Å². The van der Waals surface area contributed by atoms with Crippen molar-refractivity contribution in [1.29, 1.82) is 0 Å². The molecule has 0 aliphatic carbocycles. The molecule has 0 saturated carbocycles. The molecule has 6 N–H and O–H groups in total. The van der Waals surface area contributed by atoms with Gasteiger partial charge < -0.3 is 63.8 Å². The zero-order valence-electron chi connectivity index (χ0n) is 21.5. The lowest BCUT2D eigenvalue weighted by atomic mass is 9.89. The summed E-state index contributed by atoms with van der Waals surface area (Å²) < 4.78 is 40.3. The minimum absolute atomic E-state index is 0.00279. The van der Waals surface area contributed by atoms with E-state index in [-0.39, 0.29) is 17.8 Å². The molecule has 4 heterocycles. The highest BCUT2D eigenvalue weighted by Crippen LogP contribution is 2.52. The molecule has 0 bridgehead atoms. The molecule has 13 nitrogen and oxygen atoms in total. The minimum Gasteiger partial charge on any atom is -0.497 e. The van der Waals surface area contributed by atoms with Gasteiger partial charge in [0.1, 0.15) is 59.1 Å². The van der Waals surface area contributed by atoms with E-state index in [2.05, 4.69) is 0 Å². The van der Waals surface area contributed by atoms with Crippen molar-refractivity contribution in [2.45, 2.75) is 60.7 Å². The van der Waals surface area contributed by atoms with Crippen LogP contribution in [0, 0.1) is 0 Å². The fourth-order valence-electron chi connectivity index (χ4n) is 5.51. The second-order valence-electron chi connectivity index (χ2n) is 10.4. The van der Waals surface area contributed by atoms with Crippen molar-refractivity contribution in [2.75, 3.05) is 33.5 Å². The number of ether oxygens (including phenoxy) is 7. The highest BCUT2D eigenvalue weighted by molar-refractivity contribution is 5.52. The molecule has 6 rings (SSSR count). The van der Waals surface area contributed by atoms with Gasteiger partial charge in [-0.25, -0.2) is 0 Å². The smallest absolute Gasteiger partial charge is 0.229 e. The summed E-state index contributed by atoms with van der Waals surface area (Å²) in [5.41, 5.74) is -0.126.